The highest BCUT2D eigenvalue weighted by atomic mass is 79.9. The van der Waals surface area contributed by atoms with Gasteiger partial charge in [0.1, 0.15) is 11.3 Å². The molecule has 3 nitrogen and oxygen atoms in total. The molecule has 114 valence electrons. The Labute approximate surface area is 149 Å². The zero-order valence-electron chi connectivity index (χ0n) is 12.1. The SMILES string of the molecule is COc1cc(Br)c2oc(-c3cccc4c(Br)cccc34)nc2c1. The van der Waals surface area contributed by atoms with Gasteiger partial charge < -0.3 is 9.15 Å². The first-order chi connectivity index (χ1) is 11.2. The molecule has 4 aromatic rings. The van der Waals surface area contributed by atoms with Crippen molar-refractivity contribution in [2.45, 2.75) is 0 Å². The Hall–Kier alpha value is -1.85. The standard InChI is InChI=1S/C18H11Br2NO2/c1-22-10-8-15(20)17-16(9-10)21-18(23-17)13-6-2-5-12-11(13)4-3-7-14(12)19/h2-9H,1H3. The summed E-state index contributed by atoms with van der Waals surface area (Å²) >= 11 is 7.11. The first-order valence-corrected chi connectivity index (χ1v) is 8.57. The van der Waals surface area contributed by atoms with Gasteiger partial charge in [0.2, 0.25) is 5.89 Å². The third-order valence-electron chi connectivity index (χ3n) is 3.75. The normalized spacial score (nSPS) is 11.3. The molecule has 0 saturated carbocycles. The zero-order chi connectivity index (χ0) is 16.0. The minimum atomic E-state index is 0.595. The van der Waals surface area contributed by atoms with Crippen LogP contribution in [0.25, 0.3) is 33.3 Å². The first-order valence-electron chi connectivity index (χ1n) is 6.99. The lowest BCUT2D eigenvalue weighted by Gasteiger charge is -2.04. The van der Waals surface area contributed by atoms with Gasteiger partial charge in [0.25, 0.3) is 0 Å². The zero-order valence-corrected chi connectivity index (χ0v) is 15.3. The van der Waals surface area contributed by atoms with Gasteiger partial charge in [0, 0.05) is 16.1 Å². The minimum absolute atomic E-state index is 0.595. The summed E-state index contributed by atoms with van der Waals surface area (Å²) in [5, 5.41) is 2.22. The molecule has 0 aliphatic rings. The van der Waals surface area contributed by atoms with E-state index in [2.05, 4.69) is 49.0 Å². The van der Waals surface area contributed by atoms with Gasteiger partial charge in [-0.3, -0.25) is 0 Å². The molecule has 0 unspecified atom stereocenters. The predicted octanol–water partition coefficient (Wildman–Crippen LogP) is 6.18. The summed E-state index contributed by atoms with van der Waals surface area (Å²) in [6, 6.07) is 15.9. The molecule has 0 bridgehead atoms. The smallest absolute Gasteiger partial charge is 0.228 e. The molecule has 0 radical (unpaired) electrons. The number of hydrogen-bond donors (Lipinski definition) is 0. The average Bonchev–Trinajstić information content (AvgIpc) is 2.99. The van der Waals surface area contributed by atoms with Crippen LogP contribution in [0.4, 0.5) is 0 Å². The molecule has 4 rings (SSSR count). The molecule has 23 heavy (non-hydrogen) atoms. The summed E-state index contributed by atoms with van der Waals surface area (Å²) in [6.45, 7) is 0. The number of halogens is 2. The highest BCUT2D eigenvalue weighted by Gasteiger charge is 2.15. The van der Waals surface area contributed by atoms with E-state index >= 15 is 0 Å². The van der Waals surface area contributed by atoms with E-state index in [-0.39, 0.29) is 0 Å². The van der Waals surface area contributed by atoms with Crippen LogP contribution in [-0.2, 0) is 0 Å². The van der Waals surface area contributed by atoms with Crippen LogP contribution in [0.5, 0.6) is 5.75 Å². The van der Waals surface area contributed by atoms with Crippen LogP contribution < -0.4 is 4.74 Å². The van der Waals surface area contributed by atoms with E-state index in [9.17, 15) is 0 Å². The summed E-state index contributed by atoms with van der Waals surface area (Å²) in [4.78, 5) is 4.64. The number of benzene rings is 3. The number of rotatable bonds is 2. The lowest BCUT2D eigenvalue weighted by atomic mass is 10.0. The lowest BCUT2D eigenvalue weighted by Crippen LogP contribution is -1.83. The van der Waals surface area contributed by atoms with Gasteiger partial charge in [-0.05, 0) is 44.9 Å². The van der Waals surface area contributed by atoms with Gasteiger partial charge in [-0.25, -0.2) is 4.98 Å². The molecule has 0 aliphatic carbocycles. The van der Waals surface area contributed by atoms with Gasteiger partial charge in [0.15, 0.2) is 5.58 Å². The molecular weight excluding hydrogens is 422 g/mol. The van der Waals surface area contributed by atoms with E-state index in [0.29, 0.717) is 11.5 Å². The van der Waals surface area contributed by atoms with Crippen LogP contribution in [0.3, 0.4) is 0 Å². The third-order valence-corrected chi connectivity index (χ3v) is 5.03. The molecule has 3 aromatic carbocycles. The Bertz CT molecular complexity index is 1040. The Morgan fingerprint density at radius 3 is 2.57 bits per heavy atom. The van der Waals surface area contributed by atoms with Crippen molar-refractivity contribution in [3.05, 3.63) is 57.5 Å². The van der Waals surface area contributed by atoms with E-state index in [4.69, 9.17) is 9.15 Å². The number of oxazole rings is 1. The number of nitrogens with zero attached hydrogens (tertiary/aromatic N) is 1. The summed E-state index contributed by atoms with van der Waals surface area (Å²) in [5.74, 6) is 1.34. The first kappa shape index (κ1) is 14.7. The van der Waals surface area contributed by atoms with Crippen LogP contribution in [0.2, 0.25) is 0 Å². The number of ether oxygens (including phenoxy) is 1. The molecule has 0 fully saturated rings. The molecule has 5 heteroatoms. The Balaban J connectivity index is 2.00. The molecule has 0 spiro atoms. The van der Waals surface area contributed by atoms with Gasteiger partial charge in [-0.15, -0.1) is 0 Å². The molecule has 0 N–H and O–H groups in total. The largest absolute Gasteiger partial charge is 0.497 e. The van der Waals surface area contributed by atoms with Crippen LogP contribution in [0.15, 0.2) is 61.9 Å². The quantitative estimate of drug-likeness (QED) is 0.379. The molecule has 1 heterocycles. The topological polar surface area (TPSA) is 35.3 Å². The Kier molecular flexibility index (Phi) is 3.62. The summed E-state index contributed by atoms with van der Waals surface area (Å²) in [6.07, 6.45) is 0. The van der Waals surface area contributed by atoms with Crippen molar-refractivity contribution >= 4 is 53.7 Å². The molecule has 0 atom stereocenters. The maximum Gasteiger partial charge on any atom is 0.228 e. The molecular formula is C18H11Br2NO2. The summed E-state index contributed by atoms with van der Waals surface area (Å²) in [5.41, 5.74) is 2.44. The van der Waals surface area contributed by atoms with E-state index in [1.54, 1.807) is 7.11 Å². The lowest BCUT2D eigenvalue weighted by molar-refractivity contribution is 0.415. The fourth-order valence-corrected chi connectivity index (χ4v) is 3.67. The highest BCUT2D eigenvalue weighted by molar-refractivity contribution is 9.11. The highest BCUT2D eigenvalue weighted by Crippen LogP contribution is 2.36. The number of fused-ring (bicyclic) bond motifs is 2. The van der Waals surface area contributed by atoms with Crippen LogP contribution in [0, 0.1) is 0 Å². The Morgan fingerprint density at radius 1 is 0.957 bits per heavy atom. The number of hydrogen-bond acceptors (Lipinski definition) is 3. The third kappa shape index (κ3) is 2.44. The molecule has 0 amide bonds. The van der Waals surface area contributed by atoms with Crippen molar-refractivity contribution in [3.63, 3.8) is 0 Å². The monoisotopic (exact) mass is 431 g/mol. The summed E-state index contributed by atoms with van der Waals surface area (Å²) in [7, 11) is 1.64. The second kappa shape index (κ2) is 5.65. The molecule has 1 aromatic heterocycles. The van der Waals surface area contributed by atoms with Crippen molar-refractivity contribution in [2.24, 2.45) is 0 Å². The van der Waals surface area contributed by atoms with Crippen molar-refractivity contribution in [2.75, 3.05) is 7.11 Å². The predicted molar refractivity (Wildman–Crippen MR) is 98.9 cm³/mol. The van der Waals surface area contributed by atoms with Gasteiger partial charge >= 0.3 is 0 Å². The second-order valence-electron chi connectivity index (χ2n) is 5.12. The second-order valence-corrected chi connectivity index (χ2v) is 6.83. The fraction of sp³-hybridized carbons (Fsp3) is 0.0556. The maximum atomic E-state index is 6.00. The van der Waals surface area contributed by atoms with Gasteiger partial charge in [0.05, 0.1) is 11.6 Å². The molecule has 0 saturated heterocycles. The number of methoxy groups -OCH3 is 1. The van der Waals surface area contributed by atoms with Crippen LogP contribution >= 0.6 is 31.9 Å². The summed E-state index contributed by atoms with van der Waals surface area (Å²) < 4.78 is 13.2. The van der Waals surface area contributed by atoms with E-state index in [0.717, 1.165) is 36.5 Å². The van der Waals surface area contributed by atoms with Crippen molar-refractivity contribution in [3.8, 4) is 17.2 Å². The van der Waals surface area contributed by atoms with Crippen molar-refractivity contribution < 1.29 is 9.15 Å². The van der Waals surface area contributed by atoms with Crippen LogP contribution in [0.1, 0.15) is 0 Å². The maximum absolute atomic E-state index is 6.00. The number of aromatic nitrogens is 1. The van der Waals surface area contributed by atoms with Gasteiger partial charge in [-0.1, -0.05) is 40.2 Å². The minimum Gasteiger partial charge on any atom is -0.497 e. The van der Waals surface area contributed by atoms with Crippen molar-refractivity contribution in [1.82, 2.24) is 4.98 Å². The van der Waals surface area contributed by atoms with E-state index in [1.165, 1.54) is 0 Å². The van der Waals surface area contributed by atoms with Gasteiger partial charge in [-0.2, -0.15) is 0 Å². The Morgan fingerprint density at radius 2 is 1.74 bits per heavy atom. The fourth-order valence-electron chi connectivity index (χ4n) is 2.66. The van der Waals surface area contributed by atoms with Crippen molar-refractivity contribution in [1.29, 1.82) is 0 Å². The van der Waals surface area contributed by atoms with E-state index in [1.807, 2.05) is 36.4 Å². The van der Waals surface area contributed by atoms with E-state index < -0.39 is 0 Å². The average molecular weight is 433 g/mol. The molecule has 0 aliphatic heterocycles. The van der Waals surface area contributed by atoms with Crippen LogP contribution in [-0.4, -0.2) is 12.1 Å².